The number of rotatable bonds is 3. The van der Waals surface area contributed by atoms with E-state index in [4.69, 9.17) is 0 Å². The molecule has 0 bridgehead atoms. The van der Waals surface area contributed by atoms with Crippen LogP contribution in [0.25, 0.3) is 0 Å². The Labute approximate surface area is 109 Å². The lowest BCUT2D eigenvalue weighted by Crippen LogP contribution is -2.30. The standard InChI is InChI=1S/C14H13FN2O2/c1-9-6-7-16-13(18)12(9)14(19)17-8-10-2-4-11(15)5-3-10/h2-7H,8H2,1H3,(H,16,18)(H,17,19). The van der Waals surface area contributed by atoms with E-state index in [2.05, 4.69) is 10.3 Å². The molecule has 1 heterocycles. The van der Waals surface area contributed by atoms with E-state index in [0.717, 1.165) is 5.56 Å². The first-order valence-corrected chi connectivity index (χ1v) is 5.79. The van der Waals surface area contributed by atoms with Crippen LogP contribution in [0.15, 0.2) is 41.3 Å². The van der Waals surface area contributed by atoms with Crippen LogP contribution in [0.2, 0.25) is 0 Å². The van der Waals surface area contributed by atoms with E-state index in [9.17, 15) is 14.0 Å². The summed E-state index contributed by atoms with van der Waals surface area (Å²) in [4.78, 5) is 26.0. The number of aromatic nitrogens is 1. The van der Waals surface area contributed by atoms with Crippen LogP contribution < -0.4 is 10.9 Å². The van der Waals surface area contributed by atoms with E-state index in [1.54, 1.807) is 25.1 Å². The minimum atomic E-state index is -0.441. The number of nitrogens with one attached hydrogen (secondary N) is 2. The molecule has 2 N–H and O–H groups in total. The van der Waals surface area contributed by atoms with Gasteiger partial charge in [0, 0.05) is 12.7 Å². The van der Waals surface area contributed by atoms with Crippen molar-refractivity contribution in [1.82, 2.24) is 10.3 Å². The second-order valence-corrected chi connectivity index (χ2v) is 4.17. The van der Waals surface area contributed by atoms with Crippen molar-refractivity contribution in [2.75, 3.05) is 0 Å². The Balaban J connectivity index is 2.10. The highest BCUT2D eigenvalue weighted by molar-refractivity contribution is 5.95. The number of carbonyl (C=O) groups excluding carboxylic acids is 1. The van der Waals surface area contributed by atoms with E-state index in [1.165, 1.54) is 18.3 Å². The normalized spacial score (nSPS) is 10.2. The van der Waals surface area contributed by atoms with Crippen molar-refractivity contribution in [3.8, 4) is 0 Å². The lowest BCUT2D eigenvalue weighted by Gasteiger charge is -2.06. The summed E-state index contributed by atoms with van der Waals surface area (Å²) in [6.07, 6.45) is 1.49. The number of amides is 1. The lowest BCUT2D eigenvalue weighted by molar-refractivity contribution is 0.0948. The summed E-state index contributed by atoms with van der Waals surface area (Å²) in [6.45, 7) is 1.94. The van der Waals surface area contributed by atoms with Crippen LogP contribution in [0, 0.1) is 12.7 Å². The fraction of sp³-hybridized carbons (Fsp3) is 0.143. The number of hydrogen-bond donors (Lipinski definition) is 2. The molecule has 1 aromatic carbocycles. The second kappa shape index (κ2) is 5.48. The zero-order valence-electron chi connectivity index (χ0n) is 10.4. The second-order valence-electron chi connectivity index (χ2n) is 4.17. The average Bonchev–Trinajstić information content (AvgIpc) is 2.38. The van der Waals surface area contributed by atoms with Gasteiger partial charge < -0.3 is 10.3 Å². The summed E-state index contributed by atoms with van der Waals surface area (Å²) >= 11 is 0. The van der Waals surface area contributed by atoms with Gasteiger partial charge in [0.05, 0.1) is 0 Å². The van der Waals surface area contributed by atoms with Crippen molar-refractivity contribution >= 4 is 5.91 Å². The third-order valence-electron chi connectivity index (χ3n) is 2.76. The number of aromatic amines is 1. The number of benzene rings is 1. The van der Waals surface area contributed by atoms with Gasteiger partial charge in [-0.1, -0.05) is 12.1 Å². The molecule has 2 rings (SSSR count). The van der Waals surface area contributed by atoms with E-state index in [1.807, 2.05) is 0 Å². The van der Waals surface area contributed by atoms with E-state index in [0.29, 0.717) is 5.56 Å². The highest BCUT2D eigenvalue weighted by Crippen LogP contribution is 2.04. The molecule has 0 spiro atoms. The molecule has 0 aliphatic carbocycles. The maximum atomic E-state index is 12.7. The highest BCUT2D eigenvalue weighted by atomic mass is 19.1. The fourth-order valence-electron chi connectivity index (χ4n) is 1.73. The molecule has 0 aliphatic heterocycles. The Morgan fingerprint density at radius 1 is 1.26 bits per heavy atom. The summed E-state index contributed by atoms with van der Waals surface area (Å²) in [6, 6.07) is 7.47. The molecule has 19 heavy (non-hydrogen) atoms. The maximum absolute atomic E-state index is 12.7. The molecule has 0 saturated carbocycles. The fourth-order valence-corrected chi connectivity index (χ4v) is 1.73. The van der Waals surface area contributed by atoms with Crippen LogP contribution in [-0.2, 0) is 6.54 Å². The predicted molar refractivity (Wildman–Crippen MR) is 69.4 cm³/mol. The summed E-state index contributed by atoms with van der Waals surface area (Å²) in [7, 11) is 0. The van der Waals surface area contributed by atoms with Crippen LogP contribution in [0.4, 0.5) is 4.39 Å². The number of aryl methyl sites for hydroxylation is 1. The Kier molecular flexibility index (Phi) is 3.75. The van der Waals surface area contributed by atoms with Crippen molar-refractivity contribution < 1.29 is 9.18 Å². The zero-order valence-corrected chi connectivity index (χ0v) is 10.4. The van der Waals surface area contributed by atoms with Crippen LogP contribution in [0.5, 0.6) is 0 Å². The number of H-pyrrole nitrogens is 1. The van der Waals surface area contributed by atoms with E-state index < -0.39 is 11.5 Å². The van der Waals surface area contributed by atoms with Crippen LogP contribution in [0.1, 0.15) is 21.5 Å². The van der Waals surface area contributed by atoms with Gasteiger partial charge >= 0.3 is 0 Å². The lowest BCUT2D eigenvalue weighted by atomic mass is 10.1. The molecule has 98 valence electrons. The number of carbonyl (C=O) groups is 1. The first-order chi connectivity index (χ1) is 9.08. The Morgan fingerprint density at radius 2 is 1.95 bits per heavy atom. The van der Waals surface area contributed by atoms with E-state index in [-0.39, 0.29) is 17.9 Å². The van der Waals surface area contributed by atoms with E-state index >= 15 is 0 Å². The molecule has 4 nitrogen and oxygen atoms in total. The van der Waals surface area contributed by atoms with Gasteiger partial charge in [0.1, 0.15) is 11.4 Å². The van der Waals surface area contributed by atoms with Gasteiger partial charge in [-0.05, 0) is 36.2 Å². The van der Waals surface area contributed by atoms with Crippen LogP contribution >= 0.6 is 0 Å². The average molecular weight is 260 g/mol. The van der Waals surface area contributed by atoms with Gasteiger partial charge in [-0.15, -0.1) is 0 Å². The molecular formula is C14H13FN2O2. The van der Waals surface area contributed by atoms with Gasteiger partial charge in [-0.2, -0.15) is 0 Å². The van der Waals surface area contributed by atoms with Crippen molar-refractivity contribution in [3.05, 3.63) is 69.4 Å². The SMILES string of the molecule is Cc1cc[nH]c(=O)c1C(=O)NCc1ccc(F)cc1. The zero-order chi connectivity index (χ0) is 13.8. The molecular weight excluding hydrogens is 247 g/mol. The van der Waals surface area contributed by atoms with Gasteiger partial charge in [0.15, 0.2) is 0 Å². The van der Waals surface area contributed by atoms with Gasteiger partial charge in [0.25, 0.3) is 11.5 Å². The number of pyridine rings is 1. The summed E-state index contributed by atoms with van der Waals surface area (Å²) in [5.41, 5.74) is 1.06. The Bertz CT molecular complexity index is 647. The Hall–Kier alpha value is -2.43. The third-order valence-corrected chi connectivity index (χ3v) is 2.76. The molecule has 2 aromatic rings. The molecule has 0 fully saturated rings. The summed E-state index contributed by atoms with van der Waals surface area (Å²) in [5.74, 6) is -0.769. The first-order valence-electron chi connectivity index (χ1n) is 5.79. The molecule has 0 saturated heterocycles. The van der Waals surface area contributed by atoms with Crippen LogP contribution in [-0.4, -0.2) is 10.9 Å². The summed E-state index contributed by atoms with van der Waals surface area (Å²) in [5, 5.41) is 2.63. The number of hydrogen-bond acceptors (Lipinski definition) is 2. The van der Waals surface area contributed by atoms with Crippen molar-refractivity contribution in [2.45, 2.75) is 13.5 Å². The largest absolute Gasteiger partial charge is 0.348 e. The molecule has 5 heteroatoms. The molecule has 0 aliphatic rings. The van der Waals surface area contributed by atoms with Gasteiger partial charge in [0.2, 0.25) is 0 Å². The van der Waals surface area contributed by atoms with Crippen molar-refractivity contribution in [1.29, 1.82) is 0 Å². The first kappa shape index (κ1) is 13.0. The van der Waals surface area contributed by atoms with Crippen molar-refractivity contribution in [2.24, 2.45) is 0 Å². The van der Waals surface area contributed by atoms with Gasteiger partial charge in [-0.25, -0.2) is 4.39 Å². The predicted octanol–water partition coefficient (Wildman–Crippen LogP) is 1.75. The minimum absolute atomic E-state index is 0.101. The molecule has 0 atom stereocenters. The smallest absolute Gasteiger partial charge is 0.261 e. The van der Waals surface area contributed by atoms with Crippen molar-refractivity contribution in [3.63, 3.8) is 0 Å². The molecule has 1 aromatic heterocycles. The quantitative estimate of drug-likeness (QED) is 0.883. The number of halogens is 1. The summed E-state index contributed by atoms with van der Waals surface area (Å²) < 4.78 is 12.7. The minimum Gasteiger partial charge on any atom is -0.348 e. The molecule has 1 amide bonds. The molecule has 0 unspecified atom stereocenters. The topological polar surface area (TPSA) is 62.0 Å². The molecule has 0 radical (unpaired) electrons. The highest BCUT2D eigenvalue weighted by Gasteiger charge is 2.12. The Morgan fingerprint density at radius 3 is 2.58 bits per heavy atom. The third kappa shape index (κ3) is 3.07. The monoisotopic (exact) mass is 260 g/mol. The van der Waals surface area contributed by atoms with Gasteiger partial charge in [-0.3, -0.25) is 9.59 Å². The van der Waals surface area contributed by atoms with Crippen LogP contribution in [0.3, 0.4) is 0 Å². The maximum Gasteiger partial charge on any atom is 0.261 e.